The smallest absolute Gasteiger partial charge is 0.405 e. The van der Waals surface area contributed by atoms with Gasteiger partial charge in [-0.1, -0.05) is 24.6 Å². The largest absolute Gasteiger partial charge is 0.573 e. The van der Waals surface area contributed by atoms with Gasteiger partial charge in [0.1, 0.15) is 23.2 Å². The Labute approximate surface area is 190 Å². The van der Waals surface area contributed by atoms with Gasteiger partial charge in [0, 0.05) is 24.7 Å². The topological polar surface area (TPSA) is 109 Å². The minimum absolute atomic E-state index is 0.0292. The number of aromatic nitrogens is 2. The van der Waals surface area contributed by atoms with E-state index in [1.807, 2.05) is 0 Å². The van der Waals surface area contributed by atoms with Crippen molar-refractivity contribution in [2.75, 3.05) is 17.2 Å². The van der Waals surface area contributed by atoms with Crippen LogP contribution in [0.4, 0.5) is 24.9 Å². The number of halogens is 3. The number of anilines is 2. The van der Waals surface area contributed by atoms with Crippen molar-refractivity contribution < 1.29 is 17.9 Å². The molecule has 176 valence electrons. The summed E-state index contributed by atoms with van der Waals surface area (Å²) in [7, 11) is 0. The second-order valence-electron chi connectivity index (χ2n) is 8.82. The SMILES string of the molecule is N#Cc1cnc(NCc2ccccc2OC(F)(F)F)nc1NCC1C[C@H]2CCC[C@@H](C1)C2N. The molecular formula is C23H27F3N6O. The van der Waals surface area contributed by atoms with Gasteiger partial charge in [0.15, 0.2) is 0 Å². The molecule has 1 heterocycles. The second-order valence-corrected chi connectivity index (χ2v) is 8.82. The first-order valence-corrected chi connectivity index (χ1v) is 11.2. The van der Waals surface area contributed by atoms with Crippen molar-refractivity contribution in [3.63, 3.8) is 0 Å². The third-order valence-electron chi connectivity index (χ3n) is 6.61. The lowest BCUT2D eigenvalue weighted by molar-refractivity contribution is -0.274. The van der Waals surface area contributed by atoms with Crippen molar-refractivity contribution >= 4 is 11.8 Å². The van der Waals surface area contributed by atoms with Gasteiger partial charge in [-0.3, -0.25) is 0 Å². The van der Waals surface area contributed by atoms with Gasteiger partial charge in [0.05, 0.1) is 6.20 Å². The predicted octanol–water partition coefficient (Wildman–Crippen LogP) is 4.42. The van der Waals surface area contributed by atoms with Crippen LogP contribution in [0.25, 0.3) is 0 Å². The predicted molar refractivity (Wildman–Crippen MR) is 117 cm³/mol. The summed E-state index contributed by atoms with van der Waals surface area (Å²) >= 11 is 0. The first kappa shape index (κ1) is 23.1. The highest BCUT2D eigenvalue weighted by molar-refractivity contribution is 5.53. The monoisotopic (exact) mass is 460 g/mol. The van der Waals surface area contributed by atoms with Crippen LogP contribution in [0.15, 0.2) is 30.5 Å². The highest BCUT2D eigenvalue weighted by Crippen LogP contribution is 2.41. The van der Waals surface area contributed by atoms with E-state index in [1.54, 1.807) is 6.07 Å². The summed E-state index contributed by atoms with van der Waals surface area (Å²) in [6, 6.07) is 8.26. The van der Waals surface area contributed by atoms with Gasteiger partial charge in [0.25, 0.3) is 0 Å². The number of nitrogens with zero attached hydrogens (tertiary/aromatic N) is 3. The first-order chi connectivity index (χ1) is 15.8. The van der Waals surface area contributed by atoms with Gasteiger partial charge in [-0.05, 0) is 49.5 Å². The maximum Gasteiger partial charge on any atom is 0.573 e. The molecule has 2 fully saturated rings. The number of para-hydroxylation sites is 1. The van der Waals surface area contributed by atoms with Gasteiger partial charge in [-0.2, -0.15) is 10.2 Å². The van der Waals surface area contributed by atoms with E-state index in [4.69, 9.17) is 5.73 Å². The quantitative estimate of drug-likeness (QED) is 0.561. The number of rotatable bonds is 7. The number of nitrogens with two attached hydrogens (primary N) is 1. The summed E-state index contributed by atoms with van der Waals surface area (Å²) in [4.78, 5) is 8.51. The summed E-state index contributed by atoms with van der Waals surface area (Å²) < 4.78 is 42.0. The van der Waals surface area contributed by atoms with Crippen molar-refractivity contribution in [2.45, 2.75) is 51.1 Å². The lowest BCUT2D eigenvalue weighted by atomic mass is 9.65. The van der Waals surface area contributed by atoms with Gasteiger partial charge in [0.2, 0.25) is 5.95 Å². The highest BCUT2D eigenvalue weighted by Gasteiger charge is 2.38. The summed E-state index contributed by atoms with van der Waals surface area (Å²) in [5, 5.41) is 15.6. The molecule has 0 amide bonds. The molecule has 2 aromatic rings. The van der Waals surface area contributed by atoms with Crippen LogP contribution >= 0.6 is 0 Å². The lowest BCUT2D eigenvalue weighted by Crippen LogP contribution is -2.47. The molecule has 4 N–H and O–H groups in total. The molecule has 7 nitrogen and oxygen atoms in total. The molecule has 2 unspecified atom stereocenters. The lowest BCUT2D eigenvalue weighted by Gasteiger charge is -2.44. The normalized spacial score (nSPS) is 24.6. The molecule has 10 heteroatoms. The van der Waals surface area contributed by atoms with Crippen molar-refractivity contribution in [1.82, 2.24) is 9.97 Å². The van der Waals surface area contributed by atoms with E-state index in [-0.39, 0.29) is 18.2 Å². The van der Waals surface area contributed by atoms with Crippen LogP contribution in [-0.4, -0.2) is 28.9 Å². The molecular weight excluding hydrogens is 433 g/mol. The zero-order valence-corrected chi connectivity index (χ0v) is 18.1. The van der Waals surface area contributed by atoms with E-state index < -0.39 is 6.36 Å². The Balaban J connectivity index is 1.40. The van der Waals surface area contributed by atoms with E-state index >= 15 is 0 Å². The Morgan fingerprint density at radius 1 is 1.15 bits per heavy atom. The Hall–Kier alpha value is -3.06. The Morgan fingerprint density at radius 3 is 2.58 bits per heavy atom. The van der Waals surface area contributed by atoms with Crippen molar-refractivity contribution in [3.8, 4) is 11.8 Å². The third kappa shape index (κ3) is 5.85. The van der Waals surface area contributed by atoms with Crippen LogP contribution in [0.5, 0.6) is 5.75 Å². The number of nitrogens with one attached hydrogen (secondary N) is 2. The number of hydrogen-bond acceptors (Lipinski definition) is 7. The minimum Gasteiger partial charge on any atom is -0.405 e. The van der Waals surface area contributed by atoms with Crippen molar-refractivity contribution in [3.05, 3.63) is 41.6 Å². The van der Waals surface area contributed by atoms with Gasteiger partial charge in [-0.25, -0.2) is 4.98 Å². The zero-order chi connectivity index (χ0) is 23.4. The standard InChI is InChI=1S/C23H27F3N6O/c24-23(25,26)33-19-7-2-1-4-17(19)12-30-22-31-13-18(10-27)21(32-22)29-11-14-8-15-5-3-6-16(9-14)20(15)28/h1-2,4,7,13-16,20H,3,5-6,8-9,11-12,28H2,(H2,29,30,31,32)/t14?,15-,16+,20?. The van der Waals surface area contributed by atoms with Crippen LogP contribution in [0.3, 0.4) is 0 Å². The fraction of sp³-hybridized carbons (Fsp3) is 0.522. The van der Waals surface area contributed by atoms with Crippen LogP contribution in [0.1, 0.15) is 43.2 Å². The van der Waals surface area contributed by atoms with Crippen molar-refractivity contribution in [1.29, 1.82) is 5.26 Å². The fourth-order valence-corrected chi connectivity index (χ4v) is 5.05. The molecule has 0 radical (unpaired) electrons. The number of nitriles is 1. The molecule has 0 aliphatic heterocycles. The molecule has 2 aliphatic rings. The van der Waals surface area contributed by atoms with Gasteiger partial charge in [-0.15, -0.1) is 13.2 Å². The molecule has 1 aromatic carbocycles. The Morgan fingerprint density at radius 2 is 1.88 bits per heavy atom. The number of alkyl halides is 3. The van der Waals surface area contributed by atoms with Crippen LogP contribution < -0.4 is 21.1 Å². The van der Waals surface area contributed by atoms with Gasteiger partial charge >= 0.3 is 6.36 Å². The molecule has 2 saturated carbocycles. The minimum atomic E-state index is -4.78. The second kappa shape index (κ2) is 9.83. The average Bonchev–Trinajstić information content (AvgIpc) is 2.76. The molecule has 33 heavy (non-hydrogen) atoms. The average molecular weight is 461 g/mol. The maximum atomic E-state index is 12.6. The zero-order valence-electron chi connectivity index (χ0n) is 18.1. The van der Waals surface area contributed by atoms with E-state index in [1.165, 1.54) is 43.7 Å². The summed E-state index contributed by atoms with van der Waals surface area (Å²) in [6.07, 6.45) is 2.37. The Bertz CT molecular complexity index is 994. The first-order valence-electron chi connectivity index (χ1n) is 11.2. The van der Waals surface area contributed by atoms with E-state index in [9.17, 15) is 18.4 Å². The van der Waals surface area contributed by atoms with E-state index in [2.05, 4.69) is 31.4 Å². The van der Waals surface area contributed by atoms with E-state index in [0.717, 1.165) is 12.8 Å². The number of fused-ring (bicyclic) bond motifs is 2. The van der Waals surface area contributed by atoms with Crippen LogP contribution in [-0.2, 0) is 6.54 Å². The molecule has 1 aromatic heterocycles. The Kier molecular flexibility index (Phi) is 6.88. The van der Waals surface area contributed by atoms with Crippen LogP contribution in [0.2, 0.25) is 0 Å². The molecule has 4 rings (SSSR count). The van der Waals surface area contributed by atoms with Gasteiger partial charge < -0.3 is 21.1 Å². The number of hydrogen-bond donors (Lipinski definition) is 3. The molecule has 2 aliphatic carbocycles. The number of ether oxygens (including phenoxy) is 1. The highest BCUT2D eigenvalue weighted by atomic mass is 19.4. The summed E-state index contributed by atoms with van der Waals surface area (Å²) in [6.45, 7) is 0.717. The molecule has 4 atom stereocenters. The fourth-order valence-electron chi connectivity index (χ4n) is 5.05. The molecule has 2 bridgehead atoms. The molecule has 0 spiro atoms. The van der Waals surface area contributed by atoms with Crippen LogP contribution in [0, 0.1) is 29.1 Å². The maximum absolute atomic E-state index is 12.6. The number of benzene rings is 1. The van der Waals surface area contributed by atoms with Crippen molar-refractivity contribution in [2.24, 2.45) is 23.5 Å². The molecule has 0 saturated heterocycles. The van der Waals surface area contributed by atoms with E-state index in [0.29, 0.717) is 47.3 Å². The third-order valence-corrected chi connectivity index (χ3v) is 6.61. The summed E-state index contributed by atoms with van der Waals surface area (Å²) in [5.74, 6) is 1.91. The summed E-state index contributed by atoms with van der Waals surface area (Å²) in [5.41, 5.74) is 7.00.